The molecule has 0 bridgehead atoms. The van der Waals surface area contributed by atoms with E-state index in [1.54, 1.807) is 12.3 Å². The normalized spacial score (nSPS) is 12.8. The molecule has 5 nitrogen and oxygen atoms in total. The summed E-state index contributed by atoms with van der Waals surface area (Å²) in [5.41, 5.74) is 5.91. The van der Waals surface area contributed by atoms with Gasteiger partial charge in [-0.2, -0.15) is 0 Å². The molecule has 0 saturated heterocycles. The molecule has 0 unspecified atom stereocenters. The van der Waals surface area contributed by atoms with E-state index in [0.29, 0.717) is 16.8 Å². The molecule has 0 spiro atoms. The van der Waals surface area contributed by atoms with Crippen LogP contribution in [-0.2, 0) is 20.1 Å². The Morgan fingerprint density at radius 2 is 1.59 bits per heavy atom. The van der Waals surface area contributed by atoms with E-state index in [1.165, 1.54) is 11.3 Å². The van der Waals surface area contributed by atoms with Gasteiger partial charge < -0.3 is 18.8 Å². The molecule has 0 aliphatic rings. The molecule has 0 fully saturated rings. The van der Waals surface area contributed by atoms with Gasteiger partial charge in [0.05, 0.1) is 13.7 Å². The van der Waals surface area contributed by atoms with E-state index in [9.17, 15) is 0 Å². The summed E-state index contributed by atoms with van der Waals surface area (Å²) in [5, 5.41) is 4.91. The number of benzene rings is 3. The number of furan rings is 2. The zero-order valence-corrected chi connectivity index (χ0v) is 27.7. The SMILES string of the molecule is [2H]C([2H])([2H])c1ccc2c(n1)oc1c(-c3cc4oc5c([Si](C)(C)C)cccc5c4cn3)[c-]ccc12.[Ir].[c-]1ccccc1-c1ccccn1. The van der Waals surface area contributed by atoms with Crippen molar-refractivity contribution in [3.63, 3.8) is 0 Å². The largest absolute Gasteiger partial charge is 0.486 e. The predicted molar refractivity (Wildman–Crippen MR) is 177 cm³/mol. The smallest absolute Gasteiger partial charge is 0.216 e. The van der Waals surface area contributed by atoms with E-state index in [1.807, 2.05) is 66.9 Å². The first-order valence-corrected chi connectivity index (χ1v) is 17.5. The first-order chi connectivity index (χ1) is 22.1. The van der Waals surface area contributed by atoms with Crippen LogP contribution in [0.3, 0.4) is 0 Å². The van der Waals surface area contributed by atoms with Crippen LogP contribution in [-0.4, -0.2) is 23.0 Å². The maximum atomic E-state index is 7.64. The van der Waals surface area contributed by atoms with Crippen LogP contribution < -0.4 is 5.19 Å². The summed E-state index contributed by atoms with van der Waals surface area (Å²) in [5.74, 6) is 0. The van der Waals surface area contributed by atoms with Gasteiger partial charge in [-0.15, -0.1) is 54.1 Å². The first-order valence-electron chi connectivity index (χ1n) is 15.5. The number of hydrogen-bond acceptors (Lipinski definition) is 5. The van der Waals surface area contributed by atoms with Crippen LogP contribution in [0.4, 0.5) is 0 Å². The third-order valence-electron chi connectivity index (χ3n) is 7.40. The standard InChI is InChI=1S/C26H21N2O2Si.C11H8N.Ir/c1-15-11-12-18-16-7-5-9-19(24(16)30-26(18)28-15)21-13-22-20(14-27-21)17-8-6-10-23(25(17)29-22)31(2,3)4;1-2-6-10(7-3-1)11-8-4-5-9-12-11;/h5-8,10-14H,1-4H3;1-6,8-9H;/q2*-1;/i1D3;;. The van der Waals surface area contributed by atoms with E-state index >= 15 is 0 Å². The van der Waals surface area contributed by atoms with Crippen LogP contribution in [0.25, 0.3) is 66.5 Å². The van der Waals surface area contributed by atoms with Crippen LogP contribution in [0.5, 0.6) is 0 Å². The molecular weight excluding hydrogens is 739 g/mol. The minimum Gasteiger partial charge on any atom is -0.486 e. The molecule has 3 aromatic carbocycles. The molecule has 0 N–H and O–H groups in total. The second kappa shape index (κ2) is 11.9. The Morgan fingerprint density at radius 1 is 0.727 bits per heavy atom. The van der Waals surface area contributed by atoms with Crippen LogP contribution in [0.15, 0.2) is 112 Å². The maximum Gasteiger partial charge on any atom is 0.216 e. The van der Waals surface area contributed by atoms with E-state index in [2.05, 4.69) is 59.9 Å². The number of nitrogens with zero attached hydrogens (tertiary/aromatic N) is 3. The molecule has 219 valence electrons. The molecule has 0 saturated carbocycles. The van der Waals surface area contributed by atoms with Crippen LogP contribution in [0.1, 0.15) is 9.81 Å². The summed E-state index contributed by atoms with van der Waals surface area (Å²) in [6.07, 6.45) is 3.63. The quantitative estimate of drug-likeness (QED) is 0.133. The van der Waals surface area contributed by atoms with E-state index in [4.69, 9.17) is 17.9 Å². The minimum atomic E-state index is -2.30. The van der Waals surface area contributed by atoms with Crippen molar-refractivity contribution in [3.8, 4) is 22.5 Å². The van der Waals surface area contributed by atoms with Crippen molar-refractivity contribution in [2.75, 3.05) is 0 Å². The van der Waals surface area contributed by atoms with Gasteiger partial charge in [0.15, 0.2) is 0 Å². The third kappa shape index (κ3) is 5.50. The van der Waals surface area contributed by atoms with Crippen molar-refractivity contribution in [2.45, 2.75) is 26.5 Å². The molecule has 1 radical (unpaired) electrons. The molecule has 8 aromatic rings. The van der Waals surface area contributed by atoms with Gasteiger partial charge in [0, 0.05) is 58.5 Å². The van der Waals surface area contributed by atoms with E-state index in [-0.39, 0.29) is 31.5 Å². The second-order valence-corrected chi connectivity index (χ2v) is 16.4. The third-order valence-corrected chi connectivity index (χ3v) is 9.41. The fourth-order valence-corrected chi connectivity index (χ4v) is 6.77. The molecule has 8 rings (SSSR count). The molecule has 0 aliphatic carbocycles. The number of para-hydroxylation sites is 1. The van der Waals surface area contributed by atoms with Crippen molar-refractivity contribution in [2.24, 2.45) is 0 Å². The number of pyridine rings is 3. The summed E-state index contributed by atoms with van der Waals surface area (Å²) in [6.45, 7) is 4.62. The van der Waals surface area contributed by atoms with E-state index in [0.717, 1.165) is 44.0 Å². The predicted octanol–water partition coefficient (Wildman–Crippen LogP) is 9.14. The molecule has 5 heterocycles. The zero-order valence-electron chi connectivity index (χ0n) is 27.3. The van der Waals surface area contributed by atoms with Crippen molar-refractivity contribution < 1.29 is 33.1 Å². The van der Waals surface area contributed by atoms with Gasteiger partial charge in [0.2, 0.25) is 5.71 Å². The number of rotatable bonds is 3. The average Bonchev–Trinajstić information content (AvgIpc) is 3.62. The summed E-state index contributed by atoms with van der Waals surface area (Å²) in [4.78, 5) is 13.2. The second-order valence-electron chi connectivity index (χ2n) is 11.3. The van der Waals surface area contributed by atoms with Gasteiger partial charge in [0.25, 0.3) is 0 Å². The molecule has 5 aromatic heterocycles. The number of aromatic nitrogens is 3. The fourth-order valence-electron chi connectivity index (χ4n) is 5.31. The van der Waals surface area contributed by atoms with Crippen LogP contribution in [0, 0.1) is 19.0 Å². The van der Waals surface area contributed by atoms with Gasteiger partial charge in [-0.25, -0.2) is 4.98 Å². The van der Waals surface area contributed by atoms with Gasteiger partial charge in [-0.1, -0.05) is 60.9 Å². The van der Waals surface area contributed by atoms with Crippen molar-refractivity contribution in [1.82, 2.24) is 15.0 Å². The van der Waals surface area contributed by atoms with Gasteiger partial charge in [-0.3, -0.25) is 0 Å². The Hall–Kier alpha value is -4.42. The van der Waals surface area contributed by atoms with Crippen molar-refractivity contribution >= 4 is 57.3 Å². The Bertz CT molecular complexity index is 2310. The van der Waals surface area contributed by atoms with Gasteiger partial charge in [0.1, 0.15) is 11.2 Å². The Labute approximate surface area is 274 Å². The minimum absolute atomic E-state index is 0. The summed E-state index contributed by atoms with van der Waals surface area (Å²) in [6, 6.07) is 35.3. The number of fused-ring (bicyclic) bond motifs is 6. The first kappa shape index (κ1) is 26.0. The summed E-state index contributed by atoms with van der Waals surface area (Å²) < 4.78 is 35.3. The molecule has 0 amide bonds. The van der Waals surface area contributed by atoms with Gasteiger partial charge >= 0.3 is 0 Å². The Morgan fingerprint density at radius 3 is 2.36 bits per heavy atom. The monoisotopic (exact) mass is 771 g/mol. The molecule has 7 heteroatoms. The van der Waals surface area contributed by atoms with Gasteiger partial charge in [-0.05, 0) is 47.7 Å². The molecule has 0 aliphatic heterocycles. The molecule has 44 heavy (non-hydrogen) atoms. The zero-order chi connectivity index (χ0) is 32.1. The molecule has 0 atom stereocenters. The average molecular weight is 771 g/mol. The summed E-state index contributed by atoms with van der Waals surface area (Å²) in [7, 11) is -1.59. The Balaban J connectivity index is 0.000000250. The number of aryl methyl sites for hydroxylation is 1. The van der Waals surface area contributed by atoms with Crippen LogP contribution in [0.2, 0.25) is 19.6 Å². The Kier molecular flexibility index (Phi) is 7.05. The van der Waals surface area contributed by atoms with Crippen molar-refractivity contribution in [1.29, 1.82) is 0 Å². The van der Waals surface area contributed by atoms with Crippen LogP contribution >= 0.6 is 0 Å². The molecular formula is C37H29IrN3O2Si-2. The van der Waals surface area contributed by atoms with E-state index < -0.39 is 14.9 Å². The number of hydrogen-bond donors (Lipinski definition) is 0. The topological polar surface area (TPSA) is 65.0 Å². The van der Waals surface area contributed by atoms with Crippen molar-refractivity contribution in [3.05, 3.63) is 121 Å². The maximum absolute atomic E-state index is 7.64. The summed E-state index contributed by atoms with van der Waals surface area (Å²) >= 11 is 0. The fraction of sp³-hybridized carbons (Fsp3) is 0.108.